The second-order valence-corrected chi connectivity index (χ2v) is 5.47. The summed E-state index contributed by atoms with van der Waals surface area (Å²) in [4.78, 5) is 0. The summed E-state index contributed by atoms with van der Waals surface area (Å²) in [5.41, 5.74) is 2.38. The van der Waals surface area contributed by atoms with E-state index >= 15 is 0 Å². The van der Waals surface area contributed by atoms with Crippen LogP contribution in [0.2, 0.25) is 0 Å². The fraction of sp³-hybridized carbons (Fsp3) is 0.538. The molecule has 0 heterocycles. The highest BCUT2D eigenvalue weighted by molar-refractivity contribution is 9.10. The maximum Gasteiger partial charge on any atom is 0.0626 e. The van der Waals surface area contributed by atoms with Crippen LogP contribution < -0.4 is 5.32 Å². The first-order chi connectivity index (χ1) is 7.70. The van der Waals surface area contributed by atoms with E-state index in [1.54, 1.807) is 0 Å². The Balaban J connectivity index is 2.05. The van der Waals surface area contributed by atoms with E-state index in [0.29, 0.717) is 0 Å². The summed E-state index contributed by atoms with van der Waals surface area (Å²) in [5, 5.41) is 12.9. The molecule has 1 aromatic carbocycles. The van der Waals surface area contributed by atoms with Gasteiger partial charge in [-0.25, -0.2) is 0 Å². The van der Waals surface area contributed by atoms with Crippen molar-refractivity contribution in [2.75, 3.05) is 13.2 Å². The Morgan fingerprint density at radius 2 is 2.25 bits per heavy atom. The van der Waals surface area contributed by atoms with Crippen LogP contribution in [-0.2, 0) is 0 Å². The van der Waals surface area contributed by atoms with Crippen LogP contribution in [0.1, 0.15) is 30.0 Å². The van der Waals surface area contributed by atoms with Crippen LogP contribution in [0.25, 0.3) is 0 Å². The fourth-order valence-corrected chi connectivity index (χ4v) is 2.59. The highest BCUT2D eigenvalue weighted by Crippen LogP contribution is 2.30. The van der Waals surface area contributed by atoms with Gasteiger partial charge in [-0.05, 0) is 49.4 Å². The van der Waals surface area contributed by atoms with E-state index in [1.165, 1.54) is 18.4 Å². The molecule has 1 aliphatic rings. The van der Waals surface area contributed by atoms with Crippen LogP contribution in [-0.4, -0.2) is 18.3 Å². The molecule has 1 saturated carbocycles. The molecule has 1 atom stereocenters. The molecule has 1 unspecified atom stereocenters. The molecule has 2 N–H and O–H groups in total. The average molecular weight is 284 g/mol. The second-order valence-electron chi connectivity index (χ2n) is 4.61. The Labute approximate surface area is 105 Å². The van der Waals surface area contributed by atoms with Gasteiger partial charge in [-0.3, -0.25) is 0 Å². The van der Waals surface area contributed by atoms with Crippen LogP contribution in [0.4, 0.5) is 0 Å². The van der Waals surface area contributed by atoms with E-state index in [0.717, 1.165) is 22.5 Å². The number of rotatable bonds is 5. The van der Waals surface area contributed by atoms with E-state index in [9.17, 15) is 5.11 Å². The number of nitrogens with one attached hydrogen (secondary N) is 1. The number of halogens is 1. The topological polar surface area (TPSA) is 32.3 Å². The lowest BCUT2D eigenvalue weighted by atomic mass is 10.1. The Morgan fingerprint density at radius 3 is 2.81 bits per heavy atom. The maximum atomic E-state index is 9.42. The van der Waals surface area contributed by atoms with Gasteiger partial charge >= 0.3 is 0 Å². The van der Waals surface area contributed by atoms with Gasteiger partial charge in [0.25, 0.3) is 0 Å². The Hall–Kier alpha value is -0.380. The van der Waals surface area contributed by atoms with Crippen molar-refractivity contribution in [3.63, 3.8) is 0 Å². The number of hydrogen-bond donors (Lipinski definition) is 2. The molecule has 0 amide bonds. The zero-order valence-electron chi connectivity index (χ0n) is 9.54. The Bertz CT molecular complexity index is 363. The molecule has 3 heteroatoms. The van der Waals surface area contributed by atoms with Gasteiger partial charge in [-0.1, -0.05) is 28.1 Å². The van der Waals surface area contributed by atoms with Gasteiger partial charge in [0.15, 0.2) is 0 Å². The predicted molar refractivity (Wildman–Crippen MR) is 69.4 cm³/mol. The summed E-state index contributed by atoms with van der Waals surface area (Å²) in [7, 11) is 0. The molecule has 16 heavy (non-hydrogen) atoms. The summed E-state index contributed by atoms with van der Waals surface area (Å²) in [6, 6.07) is 6.31. The number of benzene rings is 1. The van der Waals surface area contributed by atoms with Crippen molar-refractivity contribution in [3.05, 3.63) is 33.8 Å². The zero-order chi connectivity index (χ0) is 11.5. The maximum absolute atomic E-state index is 9.42. The van der Waals surface area contributed by atoms with Crippen LogP contribution in [0.5, 0.6) is 0 Å². The van der Waals surface area contributed by atoms with Gasteiger partial charge in [0.2, 0.25) is 0 Å². The first-order valence-electron chi connectivity index (χ1n) is 5.81. The Kier molecular flexibility index (Phi) is 4.00. The SMILES string of the molecule is Cc1ccc(C(CO)NCC2CC2)c(Br)c1. The normalized spacial score (nSPS) is 17.4. The lowest BCUT2D eigenvalue weighted by Crippen LogP contribution is -2.26. The average Bonchev–Trinajstić information content (AvgIpc) is 3.05. The summed E-state index contributed by atoms with van der Waals surface area (Å²) in [5.74, 6) is 0.832. The third kappa shape index (κ3) is 3.06. The van der Waals surface area contributed by atoms with Crippen molar-refractivity contribution in [2.24, 2.45) is 5.92 Å². The minimum Gasteiger partial charge on any atom is -0.394 e. The van der Waals surface area contributed by atoms with Gasteiger partial charge in [-0.15, -0.1) is 0 Å². The van der Waals surface area contributed by atoms with Gasteiger partial charge in [0.1, 0.15) is 0 Å². The third-order valence-electron chi connectivity index (χ3n) is 3.06. The van der Waals surface area contributed by atoms with Crippen LogP contribution in [0.15, 0.2) is 22.7 Å². The third-order valence-corrected chi connectivity index (χ3v) is 3.75. The predicted octanol–water partition coefficient (Wildman–Crippen LogP) is 2.79. The molecule has 0 saturated heterocycles. The highest BCUT2D eigenvalue weighted by atomic mass is 79.9. The van der Waals surface area contributed by atoms with E-state index in [4.69, 9.17) is 0 Å². The van der Waals surface area contributed by atoms with Crippen molar-refractivity contribution < 1.29 is 5.11 Å². The number of aryl methyl sites for hydroxylation is 1. The minimum absolute atomic E-state index is 0.0515. The molecular formula is C13H18BrNO. The lowest BCUT2D eigenvalue weighted by molar-refractivity contribution is 0.243. The summed E-state index contributed by atoms with van der Waals surface area (Å²) in [6.07, 6.45) is 2.67. The minimum atomic E-state index is 0.0515. The molecule has 0 aromatic heterocycles. The van der Waals surface area contributed by atoms with E-state index in [1.807, 2.05) is 0 Å². The zero-order valence-corrected chi connectivity index (χ0v) is 11.1. The molecule has 2 nitrogen and oxygen atoms in total. The molecule has 0 bridgehead atoms. The van der Waals surface area contributed by atoms with Crippen LogP contribution >= 0.6 is 15.9 Å². The van der Waals surface area contributed by atoms with E-state index < -0.39 is 0 Å². The molecule has 1 fully saturated rings. The Morgan fingerprint density at radius 1 is 1.50 bits per heavy atom. The molecular weight excluding hydrogens is 266 g/mol. The number of aliphatic hydroxyl groups excluding tert-OH is 1. The molecule has 0 radical (unpaired) electrons. The van der Waals surface area contributed by atoms with Crippen LogP contribution in [0.3, 0.4) is 0 Å². The number of hydrogen-bond acceptors (Lipinski definition) is 2. The van der Waals surface area contributed by atoms with Gasteiger partial charge in [0, 0.05) is 4.47 Å². The molecule has 0 aliphatic heterocycles. The molecule has 2 rings (SSSR count). The standard InChI is InChI=1S/C13H18BrNO/c1-9-2-5-11(12(14)6-9)13(8-16)15-7-10-3-4-10/h2,5-6,10,13,15-16H,3-4,7-8H2,1H3. The van der Waals surface area contributed by atoms with Gasteiger partial charge in [0.05, 0.1) is 12.6 Å². The van der Waals surface area contributed by atoms with Crippen LogP contribution in [0, 0.1) is 12.8 Å². The number of aliphatic hydroxyl groups is 1. The monoisotopic (exact) mass is 283 g/mol. The first kappa shape index (κ1) is 12.1. The van der Waals surface area contributed by atoms with Crippen molar-refractivity contribution >= 4 is 15.9 Å². The molecule has 0 spiro atoms. The quantitative estimate of drug-likeness (QED) is 0.871. The largest absolute Gasteiger partial charge is 0.394 e. The summed E-state index contributed by atoms with van der Waals surface area (Å²) in [6.45, 7) is 3.24. The van der Waals surface area contributed by atoms with E-state index in [2.05, 4.69) is 46.4 Å². The van der Waals surface area contributed by atoms with Gasteiger partial charge in [-0.2, -0.15) is 0 Å². The molecule has 1 aliphatic carbocycles. The van der Waals surface area contributed by atoms with Crippen molar-refractivity contribution in [2.45, 2.75) is 25.8 Å². The summed E-state index contributed by atoms with van der Waals surface area (Å²) >= 11 is 3.56. The van der Waals surface area contributed by atoms with Crippen molar-refractivity contribution in [3.8, 4) is 0 Å². The smallest absolute Gasteiger partial charge is 0.0626 e. The first-order valence-corrected chi connectivity index (χ1v) is 6.60. The van der Waals surface area contributed by atoms with Crippen molar-refractivity contribution in [1.29, 1.82) is 0 Å². The lowest BCUT2D eigenvalue weighted by Gasteiger charge is -2.18. The second kappa shape index (κ2) is 5.30. The molecule has 88 valence electrons. The van der Waals surface area contributed by atoms with E-state index in [-0.39, 0.29) is 12.6 Å². The highest BCUT2D eigenvalue weighted by Gasteiger charge is 2.23. The molecule has 1 aromatic rings. The van der Waals surface area contributed by atoms with Crippen molar-refractivity contribution in [1.82, 2.24) is 5.32 Å². The van der Waals surface area contributed by atoms with Gasteiger partial charge < -0.3 is 10.4 Å². The fourth-order valence-electron chi connectivity index (χ4n) is 1.82. The summed E-state index contributed by atoms with van der Waals surface area (Å²) < 4.78 is 1.08.